The van der Waals surface area contributed by atoms with E-state index in [0.717, 1.165) is 36.1 Å². The summed E-state index contributed by atoms with van der Waals surface area (Å²) in [5.41, 5.74) is 3.41. The Morgan fingerprint density at radius 3 is 2.73 bits per heavy atom. The van der Waals surface area contributed by atoms with Crippen molar-refractivity contribution in [2.24, 2.45) is 0 Å². The highest BCUT2D eigenvalue weighted by Gasteiger charge is 2.20. The number of halogens is 1. The highest BCUT2D eigenvalue weighted by atomic mass is 19.1. The molecule has 1 aliphatic rings. The van der Waals surface area contributed by atoms with Crippen molar-refractivity contribution in [3.05, 3.63) is 53.8 Å². The maximum Gasteiger partial charge on any atom is 0.411 e. The maximum absolute atomic E-state index is 13.2. The average Bonchev–Trinajstić information content (AvgIpc) is 3.02. The van der Waals surface area contributed by atoms with Crippen molar-refractivity contribution in [3.63, 3.8) is 0 Å². The summed E-state index contributed by atoms with van der Waals surface area (Å²) in [5.74, 6) is -0.285. The molecule has 5 heteroatoms. The van der Waals surface area contributed by atoms with E-state index in [1.807, 2.05) is 25.1 Å². The van der Waals surface area contributed by atoms with Gasteiger partial charge >= 0.3 is 6.09 Å². The van der Waals surface area contributed by atoms with Crippen LogP contribution in [-0.4, -0.2) is 37.2 Å². The van der Waals surface area contributed by atoms with Crippen molar-refractivity contribution >= 4 is 11.8 Å². The Hall–Kier alpha value is -2.40. The van der Waals surface area contributed by atoms with E-state index in [-0.39, 0.29) is 5.82 Å². The van der Waals surface area contributed by atoms with Gasteiger partial charge in [0.1, 0.15) is 5.82 Å². The summed E-state index contributed by atoms with van der Waals surface area (Å²) in [4.78, 5) is 14.5. The van der Waals surface area contributed by atoms with Crippen LogP contribution in [0.3, 0.4) is 0 Å². The monoisotopic (exact) mass is 356 g/mol. The molecule has 0 saturated carbocycles. The Morgan fingerprint density at radius 1 is 1.27 bits per heavy atom. The fourth-order valence-corrected chi connectivity index (χ4v) is 3.41. The Labute approximate surface area is 154 Å². The second kappa shape index (κ2) is 8.32. The molecule has 3 rings (SSSR count). The van der Waals surface area contributed by atoms with E-state index in [4.69, 9.17) is 4.74 Å². The third-order valence-corrected chi connectivity index (χ3v) is 4.92. The van der Waals surface area contributed by atoms with Gasteiger partial charge in [0.15, 0.2) is 0 Å². The minimum Gasteiger partial charge on any atom is -0.449 e. The molecule has 0 bridgehead atoms. The second-order valence-electron chi connectivity index (χ2n) is 6.88. The highest BCUT2D eigenvalue weighted by Crippen LogP contribution is 2.29. The molecular formula is C21H25FN2O2. The van der Waals surface area contributed by atoms with E-state index >= 15 is 0 Å². The van der Waals surface area contributed by atoms with Crippen molar-refractivity contribution in [3.8, 4) is 11.1 Å². The minimum atomic E-state index is -0.460. The number of benzene rings is 2. The van der Waals surface area contributed by atoms with Crippen LogP contribution >= 0.6 is 0 Å². The molecule has 26 heavy (non-hydrogen) atoms. The largest absolute Gasteiger partial charge is 0.449 e. The molecule has 1 amide bonds. The Morgan fingerprint density at radius 2 is 2.04 bits per heavy atom. The first-order valence-electron chi connectivity index (χ1n) is 9.03. The van der Waals surface area contributed by atoms with Crippen LogP contribution in [0.2, 0.25) is 0 Å². The Bertz CT molecular complexity index is 761. The molecular weight excluding hydrogens is 331 g/mol. The molecule has 1 unspecified atom stereocenters. The number of likely N-dealkylation sites (tertiary alicyclic amines) is 1. The SMILES string of the molecule is Cc1ccc(NC(=O)OCCC2CCCN2C)c(-c2ccc(F)cc2)c1. The predicted octanol–water partition coefficient (Wildman–Crippen LogP) is 4.83. The third kappa shape index (κ3) is 4.61. The van der Waals surface area contributed by atoms with Crippen molar-refractivity contribution in [1.82, 2.24) is 4.90 Å². The Kier molecular flexibility index (Phi) is 5.89. The van der Waals surface area contributed by atoms with Gasteiger partial charge in [0.25, 0.3) is 0 Å². The summed E-state index contributed by atoms with van der Waals surface area (Å²) in [7, 11) is 2.11. The number of hydrogen-bond donors (Lipinski definition) is 1. The number of carbonyl (C=O) groups is 1. The number of amides is 1. The van der Waals surface area contributed by atoms with Crippen LogP contribution in [0, 0.1) is 12.7 Å². The van der Waals surface area contributed by atoms with Gasteiger partial charge in [0.05, 0.1) is 12.3 Å². The van der Waals surface area contributed by atoms with Crippen molar-refractivity contribution in [2.75, 3.05) is 25.5 Å². The maximum atomic E-state index is 13.2. The van der Waals surface area contributed by atoms with Gasteiger partial charge in [-0.05, 0) is 69.6 Å². The molecule has 0 aliphatic carbocycles. The first-order valence-corrected chi connectivity index (χ1v) is 9.03. The number of anilines is 1. The molecule has 138 valence electrons. The molecule has 2 aromatic carbocycles. The smallest absolute Gasteiger partial charge is 0.411 e. The lowest BCUT2D eigenvalue weighted by molar-refractivity contribution is 0.147. The van der Waals surface area contributed by atoms with Crippen LogP contribution in [0.1, 0.15) is 24.8 Å². The van der Waals surface area contributed by atoms with Crippen molar-refractivity contribution in [1.29, 1.82) is 0 Å². The average molecular weight is 356 g/mol. The van der Waals surface area contributed by atoms with Gasteiger partial charge in [-0.2, -0.15) is 0 Å². The van der Waals surface area contributed by atoms with Gasteiger partial charge in [0.2, 0.25) is 0 Å². The number of hydrogen-bond acceptors (Lipinski definition) is 3. The standard InChI is InChI=1S/C21H25FN2O2/c1-15-5-10-20(19(14-15)16-6-8-17(22)9-7-16)23-21(25)26-13-11-18-4-3-12-24(18)2/h5-10,14,18H,3-4,11-13H2,1-2H3,(H,23,25). The van der Waals surface area contributed by atoms with E-state index in [1.54, 1.807) is 12.1 Å². The summed E-state index contributed by atoms with van der Waals surface area (Å²) in [6.45, 7) is 3.49. The zero-order valence-electron chi connectivity index (χ0n) is 15.3. The van der Waals surface area contributed by atoms with Crippen LogP contribution in [0.4, 0.5) is 14.9 Å². The van der Waals surface area contributed by atoms with Crippen LogP contribution in [0.15, 0.2) is 42.5 Å². The van der Waals surface area contributed by atoms with E-state index in [0.29, 0.717) is 18.3 Å². The molecule has 0 aromatic heterocycles. The predicted molar refractivity (Wildman–Crippen MR) is 102 cm³/mol. The normalized spacial score (nSPS) is 17.3. The first kappa shape index (κ1) is 18.4. The zero-order chi connectivity index (χ0) is 18.5. The van der Waals surface area contributed by atoms with Gasteiger partial charge < -0.3 is 9.64 Å². The Balaban J connectivity index is 1.63. The number of ether oxygens (including phenoxy) is 1. The molecule has 1 fully saturated rings. The number of nitrogens with one attached hydrogen (secondary N) is 1. The molecule has 1 N–H and O–H groups in total. The number of aryl methyl sites for hydroxylation is 1. The molecule has 1 heterocycles. The molecule has 1 aliphatic heterocycles. The first-order chi connectivity index (χ1) is 12.5. The summed E-state index contributed by atoms with van der Waals surface area (Å²) < 4.78 is 18.6. The number of rotatable bonds is 5. The molecule has 4 nitrogen and oxygen atoms in total. The third-order valence-electron chi connectivity index (χ3n) is 4.92. The van der Waals surface area contributed by atoms with Crippen molar-refractivity contribution in [2.45, 2.75) is 32.2 Å². The van der Waals surface area contributed by atoms with Gasteiger partial charge in [-0.1, -0.05) is 23.8 Å². The number of carbonyl (C=O) groups excluding carboxylic acids is 1. The van der Waals surface area contributed by atoms with Crippen LogP contribution in [0.25, 0.3) is 11.1 Å². The fourth-order valence-electron chi connectivity index (χ4n) is 3.41. The van der Waals surface area contributed by atoms with Gasteiger partial charge in [-0.15, -0.1) is 0 Å². The lowest BCUT2D eigenvalue weighted by Gasteiger charge is -2.19. The lowest BCUT2D eigenvalue weighted by atomic mass is 10.0. The van der Waals surface area contributed by atoms with Crippen molar-refractivity contribution < 1.29 is 13.9 Å². The van der Waals surface area contributed by atoms with Gasteiger partial charge in [-0.3, -0.25) is 5.32 Å². The van der Waals surface area contributed by atoms with Crippen LogP contribution in [0.5, 0.6) is 0 Å². The minimum absolute atomic E-state index is 0.285. The fraction of sp³-hybridized carbons (Fsp3) is 0.381. The molecule has 1 atom stereocenters. The van der Waals surface area contributed by atoms with Gasteiger partial charge in [0, 0.05) is 11.6 Å². The molecule has 0 spiro atoms. The van der Waals surface area contributed by atoms with E-state index < -0.39 is 6.09 Å². The summed E-state index contributed by atoms with van der Waals surface area (Å²) in [5, 5.41) is 2.82. The van der Waals surface area contributed by atoms with Crippen LogP contribution in [-0.2, 0) is 4.74 Å². The van der Waals surface area contributed by atoms with Crippen LogP contribution < -0.4 is 5.32 Å². The van der Waals surface area contributed by atoms with E-state index in [1.165, 1.54) is 18.6 Å². The summed E-state index contributed by atoms with van der Waals surface area (Å²) in [6, 6.07) is 12.5. The summed E-state index contributed by atoms with van der Waals surface area (Å²) >= 11 is 0. The zero-order valence-corrected chi connectivity index (χ0v) is 15.3. The lowest BCUT2D eigenvalue weighted by Crippen LogP contribution is -2.27. The molecule has 2 aromatic rings. The van der Waals surface area contributed by atoms with E-state index in [2.05, 4.69) is 17.3 Å². The van der Waals surface area contributed by atoms with Gasteiger partial charge in [-0.25, -0.2) is 9.18 Å². The molecule has 0 radical (unpaired) electrons. The number of nitrogens with zero attached hydrogens (tertiary/aromatic N) is 1. The summed E-state index contributed by atoms with van der Waals surface area (Å²) in [6.07, 6.45) is 2.76. The second-order valence-corrected chi connectivity index (χ2v) is 6.88. The van der Waals surface area contributed by atoms with E-state index in [9.17, 15) is 9.18 Å². The quantitative estimate of drug-likeness (QED) is 0.834. The topological polar surface area (TPSA) is 41.6 Å². The molecule has 1 saturated heterocycles. The highest BCUT2D eigenvalue weighted by molar-refractivity contribution is 5.91.